The Morgan fingerprint density at radius 3 is 2.92 bits per heavy atom. The molecule has 1 heterocycles. The molecule has 0 aromatic carbocycles. The summed E-state index contributed by atoms with van der Waals surface area (Å²) in [6.07, 6.45) is 2.77. The number of rotatable bonds is 4. The van der Waals surface area contributed by atoms with Crippen LogP contribution in [0.25, 0.3) is 0 Å². The first-order valence-corrected chi connectivity index (χ1v) is 5.52. The van der Waals surface area contributed by atoms with Crippen LogP contribution in [0, 0.1) is 5.92 Å². The summed E-state index contributed by atoms with van der Waals surface area (Å²) >= 11 is 3.29. The Morgan fingerprint density at radius 2 is 2.38 bits per heavy atom. The van der Waals surface area contributed by atoms with E-state index in [1.807, 2.05) is 12.1 Å². The zero-order valence-corrected chi connectivity index (χ0v) is 9.30. The Kier molecular flexibility index (Phi) is 2.74. The van der Waals surface area contributed by atoms with Crippen molar-refractivity contribution >= 4 is 15.9 Å². The minimum atomic E-state index is 0.629. The Morgan fingerprint density at radius 1 is 1.62 bits per heavy atom. The first kappa shape index (κ1) is 9.28. The molecule has 1 atom stereocenters. The molecule has 72 valence electrons. The van der Waals surface area contributed by atoms with Gasteiger partial charge in [0.2, 0.25) is 0 Å². The van der Waals surface area contributed by atoms with Gasteiger partial charge in [0, 0.05) is 6.04 Å². The van der Waals surface area contributed by atoms with Gasteiger partial charge >= 0.3 is 0 Å². The maximum Gasteiger partial charge on any atom is 0.169 e. The maximum atomic E-state index is 5.39. The smallest absolute Gasteiger partial charge is 0.169 e. The second kappa shape index (κ2) is 3.84. The van der Waals surface area contributed by atoms with E-state index in [0.29, 0.717) is 6.04 Å². The van der Waals surface area contributed by atoms with Crippen LogP contribution < -0.4 is 5.32 Å². The van der Waals surface area contributed by atoms with Crippen molar-refractivity contribution in [1.82, 2.24) is 5.32 Å². The fraction of sp³-hybridized carbons (Fsp3) is 0.600. The van der Waals surface area contributed by atoms with Gasteiger partial charge in [-0.25, -0.2) is 0 Å². The van der Waals surface area contributed by atoms with Gasteiger partial charge in [-0.1, -0.05) is 0 Å². The van der Waals surface area contributed by atoms with Gasteiger partial charge in [-0.3, -0.25) is 0 Å². The fourth-order valence-electron chi connectivity index (χ4n) is 1.47. The summed E-state index contributed by atoms with van der Waals surface area (Å²) in [6, 6.07) is 4.55. The van der Waals surface area contributed by atoms with E-state index >= 15 is 0 Å². The van der Waals surface area contributed by atoms with Crippen LogP contribution in [-0.4, -0.2) is 6.04 Å². The molecule has 0 spiro atoms. The highest BCUT2D eigenvalue weighted by atomic mass is 79.9. The van der Waals surface area contributed by atoms with Gasteiger partial charge in [-0.2, -0.15) is 0 Å². The standard InChI is InChI=1S/C10H14BrNO/c1-7(8-2-3-8)12-6-9-4-5-10(11)13-9/h4-5,7-8,12H,2-3,6H2,1H3/t7-/m1/s1. The van der Waals surface area contributed by atoms with Gasteiger partial charge in [0.05, 0.1) is 6.54 Å². The summed E-state index contributed by atoms with van der Waals surface area (Å²) < 4.78 is 6.20. The van der Waals surface area contributed by atoms with Gasteiger partial charge in [-0.05, 0) is 53.7 Å². The Bertz CT molecular complexity index is 280. The summed E-state index contributed by atoms with van der Waals surface area (Å²) in [4.78, 5) is 0. The van der Waals surface area contributed by atoms with Crippen molar-refractivity contribution in [3.63, 3.8) is 0 Å². The number of hydrogen-bond donors (Lipinski definition) is 1. The summed E-state index contributed by atoms with van der Waals surface area (Å²) in [5, 5.41) is 3.46. The van der Waals surface area contributed by atoms with Crippen molar-refractivity contribution in [1.29, 1.82) is 0 Å². The highest BCUT2D eigenvalue weighted by Crippen LogP contribution is 2.32. The number of nitrogens with one attached hydrogen (secondary N) is 1. The summed E-state index contributed by atoms with van der Waals surface area (Å²) in [6.45, 7) is 3.08. The second-order valence-electron chi connectivity index (χ2n) is 3.71. The first-order valence-electron chi connectivity index (χ1n) is 4.73. The van der Waals surface area contributed by atoms with Crippen LogP contribution in [0.4, 0.5) is 0 Å². The molecule has 1 aliphatic carbocycles. The molecular formula is C10H14BrNO. The molecule has 0 unspecified atom stereocenters. The molecule has 1 aromatic heterocycles. The van der Waals surface area contributed by atoms with Gasteiger partial charge in [0.15, 0.2) is 4.67 Å². The van der Waals surface area contributed by atoms with E-state index < -0.39 is 0 Å². The molecule has 1 aliphatic rings. The lowest BCUT2D eigenvalue weighted by Crippen LogP contribution is -2.26. The number of furan rings is 1. The van der Waals surface area contributed by atoms with E-state index in [1.54, 1.807) is 0 Å². The van der Waals surface area contributed by atoms with Crippen molar-refractivity contribution < 1.29 is 4.42 Å². The molecule has 3 heteroatoms. The van der Waals surface area contributed by atoms with Crippen LogP contribution in [0.1, 0.15) is 25.5 Å². The number of hydrogen-bond acceptors (Lipinski definition) is 2. The van der Waals surface area contributed by atoms with Crippen molar-refractivity contribution in [2.75, 3.05) is 0 Å². The van der Waals surface area contributed by atoms with Crippen LogP contribution >= 0.6 is 15.9 Å². The minimum Gasteiger partial charge on any atom is -0.453 e. The minimum absolute atomic E-state index is 0.629. The fourth-order valence-corrected chi connectivity index (χ4v) is 1.81. The average Bonchev–Trinajstić information content (AvgIpc) is 2.87. The lowest BCUT2D eigenvalue weighted by Gasteiger charge is -2.10. The molecule has 1 aromatic rings. The second-order valence-corrected chi connectivity index (χ2v) is 4.49. The zero-order valence-electron chi connectivity index (χ0n) is 7.72. The quantitative estimate of drug-likeness (QED) is 0.880. The zero-order chi connectivity index (χ0) is 9.26. The van der Waals surface area contributed by atoms with Crippen LogP contribution in [0.15, 0.2) is 21.2 Å². The van der Waals surface area contributed by atoms with Gasteiger partial charge in [0.25, 0.3) is 0 Å². The highest BCUT2D eigenvalue weighted by Gasteiger charge is 2.27. The summed E-state index contributed by atoms with van der Waals surface area (Å²) in [5.41, 5.74) is 0. The Hall–Kier alpha value is -0.280. The van der Waals surface area contributed by atoms with Crippen LogP contribution in [-0.2, 0) is 6.54 Å². The van der Waals surface area contributed by atoms with Crippen molar-refractivity contribution in [2.24, 2.45) is 5.92 Å². The molecule has 1 fully saturated rings. The molecule has 0 amide bonds. The Labute approximate surface area is 86.8 Å². The lowest BCUT2D eigenvalue weighted by atomic mass is 10.2. The molecule has 1 saturated carbocycles. The van der Waals surface area contributed by atoms with Crippen LogP contribution in [0.3, 0.4) is 0 Å². The van der Waals surface area contributed by atoms with Crippen LogP contribution in [0.5, 0.6) is 0 Å². The molecule has 2 nitrogen and oxygen atoms in total. The monoisotopic (exact) mass is 243 g/mol. The number of halogens is 1. The molecule has 0 radical (unpaired) electrons. The average molecular weight is 244 g/mol. The topological polar surface area (TPSA) is 25.2 Å². The van der Waals surface area contributed by atoms with E-state index in [0.717, 1.165) is 22.9 Å². The third-order valence-electron chi connectivity index (χ3n) is 2.56. The third kappa shape index (κ3) is 2.58. The van der Waals surface area contributed by atoms with Crippen molar-refractivity contribution in [2.45, 2.75) is 32.4 Å². The molecule has 0 aliphatic heterocycles. The van der Waals surface area contributed by atoms with E-state index in [2.05, 4.69) is 28.2 Å². The van der Waals surface area contributed by atoms with Crippen molar-refractivity contribution in [3.05, 3.63) is 22.6 Å². The van der Waals surface area contributed by atoms with Crippen molar-refractivity contribution in [3.8, 4) is 0 Å². The molecule has 2 rings (SSSR count). The maximum absolute atomic E-state index is 5.39. The molecule has 0 saturated heterocycles. The Balaban J connectivity index is 1.78. The molecular weight excluding hydrogens is 230 g/mol. The van der Waals surface area contributed by atoms with Gasteiger partial charge in [-0.15, -0.1) is 0 Å². The normalized spacial score (nSPS) is 18.9. The predicted octanol–water partition coefficient (Wildman–Crippen LogP) is 2.93. The van der Waals surface area contributed by atoms with E-state index in [9.17, 15) is 0 Å². The SMILES string of the molecule is C[C@@H](NCc1ccc(Br)o1)C1CC1. The molecule has 1 N–H and O–H groups in total. The largest absolute Gasteiger partial charge is 0.453 e. The van der Waals surface area contributed by atoms with E-state index in [1.165, 1.54) is 12.8 Å². The lowest BCUT2D eigenvalue weighted by molar-refractivity contribution is 0.426. The first-order chi connectivity index (χ1) is 6.25. The third-order valence-corrected chi connectivity index (χ3v) is 2.98. The van der Waals surface area contributed by atoms with Gasteiger partial charge < -0.3 is 9.73 Å². The summed E-state index contributed by atoms with van der Waals surface area (Å²) in [7, 11) is 0. The molecule has 0 bridgehead atoms. The van der Waals surface area contributed by atoms with E-state index in [-0.39, 0.29) is 0 Å². The van der Waals surface area contributed by atoms with Gasteiger partial charge in [0.1, 0.15) is 5.76 Å². The highest BCUT2D eigenvalue weighted by molar-refractivity contribution is 9.10. The van der Waals surface area contributed by atoms with Crippen LogP contribution in [0.2, 0.25) is 0 Å². The predicted molar refractivity (Wildman–Crippen MR) is 55.4 cm³/mol. The molecule has 13 heavy (non-hydrogen) atoms. The van der Waals surface area contributed by atoms with E-state index in [4.69, 9.17) is 4.42 Å². The summed E-state index contributed by atoms with van der Waals surface area (Å²) in [5.74, 6) is 1.90.